The van der Waals surface area contributed by atoms with Crippen molar-refractivity contribution in [3.63, 3.8) is 0 Å². The summed E-state index contributed by atoms with van der Waals surface area (Å²) in [4.78, 5) is 33.3. The number of aromatic nitrogens is 3. The molecule has 1 aromatic carbocycles. The quantitative estimate of drug-likeness (QED) is 0.582. The molecule has 2 aromatic rings. The number of benzene rings is 1. The highest BCUT2D eigenvalue weighted by atomic mass is 16.5. The number of hydrogen-bond donors (Lipinski definition) is 1. The Kier molecular flexibility index (Phi) is 8.28. The van der Waals surface area contributed by atoms with E-state index < -0.39 is 6.04 Å². The average molecular weight is 554 g/mol. The molecule has 1 aromatic heterocycles. The second-order valence-corrected chi connectivity index (χ2v) is 11.2. The molecule has 3 fully saturated rings. The highest BCUT2D eigenvalue weighted by Crippen LogP contribution is 2.31. The van der Waals surface area contributed by atoms with E-state index in [1.807, 2.05) is 36.1 Å². The molecule has 4 aliphatic rings. The summed E-state index contributed by atoms with van der Waals surface area (Å²) >= 11 is 0. The number of rotatable bonds is 3. The van der Waals surface area contributed by atoms with Gasteiger partial charge in [0.15, 0.2) is 0 Å². The highest BCUT2D eigenvalue weighted by Gasteiger charge is 2.38. The van der Waals surface area contributed by atoms with Crippen LogP contribution in [0.15, 0.2) is 30.5 Å². The maximum atomic E-state index is 13.7. The molecular weight excluding hydrogens is 514 g/mol. The summed E-state index contributed by atoms with van der Waals surface area (Å²) in [6.45, 7) is 6.40. The fourth-order valence-corrected chi connectivity index (χ4v) is 6.11. The Bertz CT molecular complexity index is 1190. The molecule has 2 bridgehead atoms. The van der Waals surface area contributed by atoms with Crippen molar-refractivity contribution >= 4 is 11.8 Å². The fourth-order valence-electron chi connectivity index (χ4n) is 6.11. The van der Waals surface area contributed by atoms with Crippen molar-refractivity contribution in [2.24, 2.45) is 0 Å². The number of fused-ring (bicyclic) bond motifs is 4. The number of ether oxygens (including phenoxy) is 3. The standard InChI is InChI=1S/C28H39N7O5/c1-32-9-10-34-24(19-32)27(36)29-16-26-23(35-18-20(30-31-35)17-33-11-14-38-15-12-33)7-6-21(40-26)8-13-39-25-5-3-2-4-22(25)28(34)37/h2-5,18,21,23-24,26H,6-17,19H2,1H3,(H,29,36)/t21-,23+,24-,26+/m0/s1. The van der Waals surface area contributed by atoms with Crippen LogP contribution in [0.3, 0.4) is 0 Å². The summed E-state index contributed by atoms with van der Waals surface area (Å²) < 4.78 is 20.1. The van der Waals surface area contributed by atoms with Crippen LogP contribution < -0.4 is 10.1 Å². The maximum absolute atomic E-state index is 13.7. The van der Waals surface area contributed by atoms with Gasteiger partial charge >= 0.3 is 0 Å². The van der Waals surface area contributed by atoms with Crippen LogP contribution in [0, 0.1) is 0 Å². The zero-order valence-electron chi connectivity index (χ0n) is 23.1. The van der Waals surface area contributed by atoms with Crippen LogP contribution in [-0.4, -0.2) is 126 Å². The lowest BCUT2D eigenvalue weighted by Gasteiger charge is -2.40. The Morgan fingerprint density at radius 1 is 1.02 bits per heavy atom. The Morgan fingerprint density at radius 3 is 2.75 bits per heavy atom. The molecule has 6 rings (SSSR count). The van der Waals surface area contributed by atoms with Crippen molar-refractivity contribution in [3.05, 3.63) is 41.7 Å². The first-order chi connectivity index (χ1) is 19.5. The van der Waals surface area contributed by atoms with Gasteiger partial charge in [-0.3, -0.25) is 14.5 Å². The Morgan fingerprint density at radius 2 is 1.88 bits per heavy atom. The van der Waals surface area contributed by atoms with Gasteiger partial charge in [0, 0.05) is 52.2 Å². The van der Waals surface area contributed by atoms with Gasteiger partial charge in [0.05, 0.1) is 55.5 Å². The van der Waals surface area contributed by atoms with E-state index in [2.05, 4.69) is 25.4 Å². The van der Waals surface area contributed by atoms with Gasteiger partial charge in [-0.15, -0.1) is 5.10 Å². The Labute approximate surface area is 234 Å². The lowest BCUT2D eigenvalue weighted by molar-refractivity contribution is -0.130. The van der Waals surface area contributed by atoms with Gasteiger partial charge in [-0.2, -0.15) is 0 Å². The molecule has 4 atom stereocenters. The molecule has 2 amide bonds. The summed E-state index contributed by atoms with van der Waals surface area (Å²) in [7, 11) is 1.97. The molecule has 216 valence electrons. The zero-order chi connectivity index (χ0) is 27.5. The van der Waals surface area contributed by atoms with E-state index in [4.69, 9.17) is 14.2 Å². The molecule has 3 saturated heterocycles. The van der Waals surface area contributed by atoms with E-state index in [0.29, 0.717) is 50.5 Å². The minimum atomic E-state index is -0.605. The van der Waals surface area contributed by atoms with Crippen molar-refractivity contribution in [2.45, 2.75) is 50.1 Å². The number of likely N-dealkylation sites (N-methyl/N-ethyl adjacent to an activating group) is 1. The first kappa shape index (κ1) is 27.1. The molecule has 40 heavy (non-hydrogen) atoms. The molecule has 0 radical (unpaired) electrons. The van der Waals surface area contributed by atoms with E-state index in [0.717, 1.165) is 51.4 Å². The molecule has 0 aliphatic carbocycles. The number of nitrogens with zero attached hydrogens (tertiary/aromatic N) is 6. The molecule has 12 heteroatoms. The smallest absolute Gasteiger partial charge is 0.258 e. The highest BCUT2D eigenvalue weighted by molar-refractivity contribution is 6.00. The third-order valence-corrected chi connectivity index (χ3v) is 8.41. The van der Waals surface area contributed by atoms with Crippen molar-refractivity contribution in [1.82, 2.24) is 35.0 Å². The monoisotopic (exact) mass is 553 g/mol. The first-order valence-corrected chi connectivity index (χ1v) is 14.4. The number of hydrogen-bond acceptors (Lipinski definition) is 9. The van der Waals surface area contributed by atoms with Gasteiger partial charge in [-0.25, -0.2) is 4.68 Å². The van der Waals surface area contributed by atoms with Crippen molar-refractivity contribution in [2.75, 3.05) is 66.1 Å². The third-order valence-electron chi connectivity index (χ3n) is 8.41. The number of piperazine rings is 1. The topological polar surface area (TPSA) is 114 Å². The summed E-state index contributed by atoms with van der Waals surface area (Å²) in [5.74, 6) is 0.195. The van der Waals surface area contributed by atoms with E-state index in [1.54, 1.807) is 11.0 Å². The third kappa shape index (κ3) is 5.99. The molecular formula is C28H39N7O5. The van der Waals surface area contributed by atoms with Crippen LogP contribution in [0.1, 0.15) is 41.4 Å². The predicted molar refractivity (Wildman–Crippen MR) is 145 cm³/mol. The Hall–Kier alpha value is -3.06. The first-order valence-electron chi connectivity index (χ1n) is 14.4. The summed E-state index contributed by atoms with van der Waals surface area (Å²) in [5.41, 5.74) is 1.41. The summed E-state index contributed by atoms with van der Waals surface area (Å²) in [6.07, 6.45) is 4.11. The lowest BCUT2D eigenvalue weighted by Crippen LogP contribution is -2.60. The lowest BCUT2D eigenvalue weighted by atomic mass is 9.96. The molecule has 4 aliphatic heterocycles. The largest absolute Gasteiger partial charge is 0.493 e. The number of carbonyl (C=O) groups is 2. The summed E-state index contributed by atoms with van der Waals surface area (Å²) in [5, 5.41) is 12.0. The van der Waals surface area contributed by atoms with Crippen LogP contribution >= 0.6 is 0 Å². The van der Waals surface area contributed by atoms with Gasteiger partial charge < -0.3 is 29.3 Å². The van der Waals surface area contributed by atoms with E-state index in [-0.39, 0.29) is 30.1 Å². The number of carbonyl (C=O) groups excluding carboxylic acids is 2. The Balaban J connectivity index is 1.22. The van der Waals surface area contributed by atoms with Gasteiger partial charge in [0.1, 0.15) is 11.8 Å². The number of para-hydroxylation sites is 1. The van der Waals surface area contributed by atoms with Gasteiger partial charge in [0.25, 0.3) is 5.91 Å². The molecule has 12 nitrogen and oxygen atoms in total. The number of morpholine rings is 1. The van der Waals surface area contributed by atoms with Crippen LogP contribution in [-0.2, 0) is 20.8 Å². The van der Waals surface area contributed by atoms with Gasteiger partial charge in [-0.1, -0.05) is 17.3 Å². The van der Waals surface area contributed by atoms with Crippen LogP contribution in [0.2, 0.25) is 0 Å². The van der Waals surface area contributed by atoms with Crippen LogP contribution in [0.4, 0.5) is 0 Å². The van der Waals surface area contributed by atoms with Crippen LogP contribution in [0.5, 0.6) is 5.75 Å². The zero-order valence-corrected chi connectivity index (χ0v) is 23.1. The second kappa shape index (κ2) is 12.2. The van der Waals surface area contributed by atoms with E-state index in [1.165, 1.54) is 0 Å². The number of nitrogens with one attached hydrogen (secondary N) is 1. The van der Waals surface area contributed by atoms with Crippen molar-refractivity contribution in [1.29, 1.82) is 0 Å². The van der Waals surface area contributed by atoms with Gasteiger partial charge in [0.2, 0.25) is 5.91 Å². The molecule has 0 saturated carbocycles. The SMILES string of the molecule is CN1CCN2C(=O)c3ccccc3OCC[C@@H]3CC[C@@H](n4cc(CN5CCOCC5)nn4)[C@@H](CNC(=O)[C@@H]2C1)O3. The minimum absolute atomic E-state index is 0.0161. The molecule has 1 N–H and O–H groups in total. The fraction of sp³-hybridized carbons (Fsp3) is 0.643. The second-order valence-electron chi connectivity index (χ2n) is 11.2. The summed E-state index contributed by atoms with van der Waals surface area (Å²) in [6, 6.07) is 6.64. The average Bonchev–Trinajstić information content (AvgIpc) is 3.44. The predicted octanol–water partition coefficient (Wildman–Crippen LogP) is 0.554. The van der Waals surface area contributed by atoms with Crippen molar-refractivity contribution in [3.8, 4) is 5.75 Å². The number of amides is 2. The maximum Gasteiger partial charge on any atom is 0.258 e. The minimum Gasteiger partial charge on any atom is -0.493 e. The van der Waals surface area contributed by atoms with Crippen LogP contribution in [0.25, 0.3) is 0 Å². The molecule has 5 heterocycles. The van der Waals surface area contributed by atoms with Gasteiger partial charge in [-0.05, 0) is 32.0 Å². The van der Waals surface area contributed by atoms with E-state index >= 15 is 0 Å². The molecule has 0 spiro atoms. The normalized spacial score (nSPS) is 29.1. The van der Waals surface area contributed by atoms with Crippen molar-refractivity contribution < 1.29 is 23.8 Å². The van der Waals surface area contributed by atoms with E-state index in [9.17, 15) is 9.59 Å². The molecule has 0 unspecified atom stereocenters.